The molecule has 29 heavy (non-hydrogen) atoms. The van der Waals surface area contributed by atoms with Gasteiger partial charge in [-0.25, -0.2) is 4.98 Å². The molecule has 0 saturated heterocycles. The summed E-state index contributed by atoms with van der Waals surface area (Å²) in [6, 6.07) is 7.52. The van der Waals surface area contributed by atoms with E-state index in [0.29, 0.717) is 11.9 Å². The minimum Gasteiger partial charge on any atom is -0.491 e. The van der Waals surface area contributed by atoms with Crippen molar-refractivity contribution in [3.8, 4) is 5.75 Å². The topological polar surface area (TPSA) is 78.8 Å². The predicted molar refractivity (Wildman–Crippen MR) is 121 cm³/mol. The van der Waals surface area contributed by atoms with Gasteiger partial charge in [-0.2, -0.15) is 0 Å². The molecule has 2 aromatic rings. The van der Waals surface area contributed by atoms with Crippen LogP contribution in [-0.4, -0.2) is 41.8 Å². The Kier molecular flexibility index (Phi) is 9.41. The number of aliphatic hydroxyl groups is 1. The number of nitrogens with zero attached hydrogens (tertiary/aromatic N) is 2. The molecule has 0 amide bonds. The normalized spacial score (nSPS) is 13.0. The van der Waals surface area contributed by atoms with Crippen molar-refractivity contribution in [2.75, 3.05) is 19.6 Å². The highest BCUT2D eigenvalue weighted by Gasteiger charge is 2.09. The average molecular weight is 419 g/mol. The lowest BCUT2D eigenvalue weighted by Gasteiger charge is -2.14. The van der Waals surface area contributed by atoms with Crippen molar-refractivity contribution in [3.63, 3.8) is 0 Å². The van der Waals surface area contributed by atoms with E-state index >= 15 is 0 Å². The van der Waals surface area contributed by atoms with Crippen LogP contribution in [0, 0.1) is 0 Å². The van der Waals surface area contributed by atoms with Gasteiger partial charge in [-0.1, -0.05) is 26.0 Å². The molecule has 160 valence electrons. The maximum Gasteiger partial charge on any atom is 0.191 e. The number of nitrogens with one attached hydrogen (secondary N) is 2. The Morgan fingerprint density at radius 2 is 1.90 bits per heavy atom. The molecule has 0 fully saturated rings. The first-order valence-corrected chi connectivity index (χ1v) is 11.2. The Bertz CT molecular complexity index is 756. The van der Waals surface area contributed by atoms with Crippen LogP contribution in [0.4, 0.5) is 0 Å². The van der Waals surface area contributed by atoms with Crippen LogP contribution in [-0.2, 0) is 6.42 Å². The van der Waals surface area contributed by atoms with Gasteiger partial charge in [0.2, 0.25) is 0 Å². The van der Waals surface area contributed by atoms with E-state index in [4.69, 9.17) is 4.74 Å². The van der Waals surface area contributed by atoms with Gasteiger partial charge in [-0.3, -0.25) is 4.99 Å². The van der Waals surface area contributed by atoms with Gasteiger partial charge in [0.25, 0.3) is 0 Å². The first-order chi connectivity index (χ1) is 13.9. The third-order valence-corrected chi connectivity index (χ3v) is 5.33. The lowest BCUT2D eigenvalue weighted by molar-refractivity contribution is 0.186. The molecule has 0 saturated carbocycles. The summed E-state index contributed by atoms with van der Waals surface area (Å²) in [6.45, 7) is 12.1. The molecule has 0 aliphatic rings. The second-order valence-electron chi connectivity index (χ2n) is 7.48. The average Bonchev–Trinajstić information content (AvgIpc) is 3.15. The molecule has 1 aromatic heterocycles. The molecule has 0 aliphatic heterocycles. The maximum absolute atomic E-state index is 10.5. The molecule has 0 radical (unpaired) electrons. The summed E-state index contributed by atoms with van der Waals surface area (Å²) in [5.74, 6) is 1.97. The molecule has 3 N–H and O–H groups in total. The zero-order valence-corrected chi connectivity index (χ0v) is 18.9. The number of aliphatic imine (C=N–C) groups is 1. The standard InChI is InChI=1S/C22H34N4O2S/c1-6-23-22(24-12-11-18-14-29-21(26-18)15(2)3)25-13-20(27)17-7-9-19(10-8-17)28-16(4)5/h7-10,14-16,20,27H,6,11-13H2,1-5H3,(H2,23,24,25). The fraction of sp³-hybridized carbons (Fsp3) is 0.545. The Morgan fingerprint density at radius 3 is 2.48 bits per heavy atom. The highest BCUT2D eigenvalue weighted by atomic mass is 32.1. The van der Waals surface area contributed by atoms with E-state index in [1.165, 1.54) is 5.01 Å². The summed E-state index contributed by atoms with van der Waals surface area (Å²) < 4.78 is 5.64. The fourth-order valence-corrected chi connectivity index (χ4v) is 3.55. The number of hydrogen-bond acceptors (Lipinski definition) is 5. The van der Waals surface area contributed by atoms with Crippen molar-refractivity contribution >= 4 is 17.3 Å². The first-order valence-electron chi connectivity index (χ1n) is 10.3. The van der Waals surface area contributed by atoms with Crippen LogP contribution >= 0.6 is 11.3 Å². The zero-order valence-electron chi connectivity index (χ0n) is 18.1. The summed E-state index contributed by atoms with van der Waals surface area (Å²) in [4.78, 5) is 9.18. The quantitative estimate of drug-likeness (QED) is 0.403. The fourth-order valence-electron chi connectivity index (χ4n) is 2.68. The van der Waals surface area contributed by atoms with Gasteiger partial charge in [0, 0.05) is 30.8 Å². The van der Waals surface area contributed by atoms with Crippen LogP contribution in [0.1, 0.15) is 62.9 Å². The third kappa shape index (κ3) is 8.03. The lowest BCUT2D eigenvalue weighted by Crippen LogP contribution is -2.38. The Labute approximate surface area is 178 Å². The molecule has 0 aliphatic carbocycles. The number of thiazole rings is 1. The lowest BCUT2D eigenvalue weighted by atomic mass is 10.1. The predicted octanol–water partition coefficient (Wildman–Crippen LogP) is 3.88. The molecule has 0 spiro atoms. The molecule has 1 aromatic carbocycles. The smallest absolute Gasteiger partial charge is 0.191 e. The highest BCUT2D eigenvalue weighted by molar-refractivity contribution is 7.09. The molecular formula is C22H34N4O2S. The van der Waals surface area contributed by atoms with E-state index in [2.05, 4.69) is 39.8 Å². The molecule has 6 nitrogen and oxygen atoms in total. The van der Waals surface area contributed by atoms with Crippen molar-refractivity contribution in [1.29, 1.82) is 0 Å². The van der Waals surface area contributed by atoms with Gasteiger partial charge < -0.3 is 20.5 Å². The molecule has 1 heterocycles. The summed E-state index contributed by atoms with van der Waals surface area (Å²) >= 11 is 1.72. The van der Waals surface area contributed by atoms with Crippen molar-refractivity contribution in [2.24, 2.45) is 4.99 Å². The molecular weight excluding hydrogens is 384 g/mol. The van der Waals surface area contributed by atoms with E-state index < -0.39 is 6.10 Å². The van der Waals surface area contributed by atoms with Gasteiger partial charge in [-0.15, -0.1) is 11.3 Å². The molecule has 7 heteroatoms. The van der Waals surface area contributed by atoms with E-state index in [9.17, 15) is 5.11 Å². The van der Waals surface area contributed by atoms with Crippen LogP contribution < -0.4 is 15.4 Å². The summed E-state index contributed by atoms with van der Waals surface area (Å²) in [6.07, 6.45) is 0.309. The van der Waals surface area contributed by atoms with Crippen LogP contribution in [0.2, 0.25) is 0 Å². The van der Waals surface area contributed by atoms with Crippen LogP contribution in [0.15, 0.2) is 34.6 Å². The summed E-state index contributed by atoms with van der Waals surface area (Å²) in [5, 5.41) is 20.3. The van der Waals surface area contributed by atoms with Gasteiger partial charge in [0.15, 0.2) is 5.96 Å². The molecule has 1 unspecified atom stereocenters. The van der Waals surface area contributed by atoms with E-state index in [-0.39, 0.29) is 12.6 Å². The second-order valence-corrected chi connectivity index (χ2v) is 8.37. The van der Waals surface area contributed by atoms with Crippen molar-refractivity contribution in [1.82, 2.24) is 15.6 Å². The van der Waals surface area contributed by atoms with Gasteiger partial charge in [0.05, 0.1) is 29.5 Å². The zero-order chi connectivity index (χ0) is 21.2. The van der Waals surface area contributed by atoms with Gasteiger partial charge in [0.1, 0.15) is 5.75 Å². The van der Waals surface area contributed by atoms with Crippen molar-refractivity contribution < 1.29 is 9.84 Å². The van der Waals surface area contributed by atoms with Crippen molar-refractivity contribution in [2.45, 2.75) is 59.2 Å². The molecule has 1 atom stereocenters. The third-order valence-electron chi connectivity index (χ3n) is 4.14. The Balaban J connectivity index is 1.86. The first kappa shape index (κ1) is 23.2. The number of ether oxygens (including phenoxy) is 1. The number of rotatable bonds is 10. The SMILES string of the molecule is CCNC(=NCC(O)c1ccc(OC(C)C)cc1)NCCc1csc(C(C)C)n1. The monoisotopic (exact) mass is 418 g/mol. The summed E-state index contributed by atoms with van der Waals surface area (Å²) in [5.41, 5.74) is 1.93. The highest BCUT2D eigenvalue weighted by Crippen LogP contribution is 2.20. The molecule has 0 bridgehead atoms. The second kappa shape index (κ2) is 11.8. The van der Waals surface area contributed by atoms with E-state index in [1.54, 1.807) is 11.3 Å². The van der Waals surface area contributed by atoms with Gasteiger partial charge >= 0.3 is 0 Å². The Hall–Kier alpha value is -2.12. The number of guanidine groups is 1. The number of aromatic nitrogens is 1. The number of aliphatic hydroxyl groups excluding tert-OH is 1. The summed E-state index contributed by atoms with van der Waals surface area (Å²) in [7, 11) is 0. The maximum atomic E-state index is 10.5. The number of benzene rings is 1. The van der Waals surface area contributed by atoms with Gasteiger partial charge in [-0.05, 0) is 38.5 Å². The van der Waals surface area contributed by atoms with Crippen LogP contribution in [0.3, 0.4) is 0 Å². The minimum absolute atomic E-state index is 0.130. The number of hydrogen-bond donors (Lipinski definition) is 3. The minimum atomic E-state index is -0.661. The Morgan fingerprint density at radius 1 is 1.17 bits per heavy atom. The molecule has 2 rings (SSSR count). The van der Waals surface area contributed by atoms with Crippen LogP contribution in [0.25, 0.3) is 0 Å². The van der Waals surface area contributed by atoms with Crippen LogP contribution in [0.5, 0.6) is 5.75 Å². The van der Waals surface area contributed by atoms with E-state index in [0.717, 1.165) is 36.5 Å². The largest absolute Gasteiger partial charge is 0.491 e. The van der Waals surface area contributed by atoms with E-state index in [1.807, 2.05) is 45.0 Å². The van der Waals surface area contributed by atoms with Crippen molar-refractivity contribution in [3.05, 3.63) is 45.9 Å².